The molecule has 2 N–H and O–H groups in total. The fraction of sp³-hybridized carbons (Fsp3) is 0.444. The van der Waals surface area contributed by atoms with Crippen molar-refractivity contribution >= 4 is 12.0 Å². The van der Waals surface area contributed by atoms with Crippen molar-refractivity contribution in [2.45, 2.75) is 58.2 Å². The van der Waals surface area contributed by atoms with Gasteiger partial charge in [-0.25, -0.2) is 14.5 Å². The van der Waals surface area contributed by atoms with Gasteiger partial charge in [0.25, 0.3) is 0 Å². The van der Waals surface area contributed by atoms with Gasteiger partial charge in [0.1, 0.15) is 11.4 Å². The lowest BCUT2D eigenvalue weighted by Crippen LogP contribution is -2.38. The van der Waals surface area contributed by atoms with E-state index in [2.05, 4.69) is 20.6 Å². The number of hydrogen-bond donors (Lipinski definition) is 2. The summed E-state index contributed by atoms with van der Waals surface area (Å²) in [6.45, 7) is 4.08. The first-order valence-electron chi connectivity index (χ1n) is 12.6. The smallest absolute Gasteiger partial charge is 0.317 e. The van der Waals surface area contributed by atoms with Crippen LogP contribution in [0.3, 0.4) is 0 Å². The maximum Gasteiger partial charge on any atom is 0.317 e. The minimum absolute atomic E-state index is 0.0860. The van der Waals surface area contributed by atoms with E-state index in [9.17, 15) is 14.7 Å². The number of nitrogens with zero attached hydrogens (tertiary/aromatic N) is 5. The van der Waals surface area contributed by atoms with E-state index >= 15 is 0 Å². The van der Waals surface area contributed by atoms with Crippen molar-refractivity contribution in [3.05, 3.63) is 59.4 Å². The number of carboxylic acids is 1. The highest BCUT2D eigenvalue weighted by Gasteiger charge is 2.28. The summed E-state index contributed by atoms with van der Waals surface area (Å²) in [7, 11) is 3.55. The average Bonchev–Trinajstić information content (AvgIpc) is 3.28. The predicted molar refractivity (Wildman–Crippen MR) is 138 cm³/mol. The first kappa shape index (κ1) is 26.1. The predicted octanol–water partition coefficient (Wildman–Crippen LogP) is 4.11. The minimum atomic E-state index is -0.763. The topological polar surface area (TPSA) is 122 Å². The number of carbonyl (C=O) groups is 2. The number of hydrogen-bond acceptors (Lipinski definition) is 6. The maximum atomic E-state index is 12.9. The van der Waals surface area contributed by atoms with Gasteiger partial charge in [-0.05, 0) is 57.2 Å². The molecule has 3 atom stereocenters. The van der Waals surface area contributed by atoms with Gasteiger partial charge in [-0.1, -0.05) is 35.5 Å². The van der Waals surface area contributed by atoms with Crippen LogP contribution < -0.4 is 10.1 Å². The quantitative estimate of drug-likeness (QED) is 0.471. The average molecular weight is 507 g/mol. The SMILES string of the molecule is Cc1nc(-c2nnn(C)c2CNC(=O)N(C)C(C)c2ccccc2)ccc1O[C@H]1CCC[C@H](C(=O)O)C1. The van der Waals surface area contributed by atoms with E-state index in [1.165, 1.54) is 0 Å². The summed E-state index contributed by atoms with van der Waals surface area (Å²) in [5, 5.41) is 20.7. The van der Waals surface area contributed by atoms with Crippen LogP contribution in [0.25, 0.3) is 11.4 Å². The van der Waals surface area contributed by atoms with Crippen LogP contribution in [0.4, 0.5) is 4.79 Å². The molecule has 37 heavy (non-hydrogen) atoms. The van der Waals surface area contributed by atoms with Crippen LogP contribution in [0.2, 0.25) is 0 Å². The third-order valence-corrected chi connectivity index (χ3v) is 7.08. The molecule has 10 heteroatoms. The van der Waals surface area contributed by atoms with Crippen LogP contribution >= 0.6 is 0 Å². The lowest BCUT2D eigenvalue weighted by Gasteiger charge is -2.27. The zero-order valence-electron chi connectivity index (χ0n) is 21.7. The van der Waals surface area contributed by atoms with Crippen LogP contribution in [0.1, 0.15) is 55.6 Å². The number of carbonyl (C=O) groups excluding carboxylic acids is 1. The van der Waals surface area contributed by atoms with Crippen molar-refractivity contribution in [3.63, 3.8) is 0 Å². The van der Waals surface area contributed by atoms with E-state index in [1.807, 2.05) is 56.3 Å². The summed E-state index contributed by atoms with van der Waals surface area (Å²) in [6, 6.07) is 13.2. The molecule has 1 aliphatic rings. The van der Waals surface area contributed by atoms with Crippen LogP contribution in [0.15, 0.2) is 42.5 Å². The van der Waals surface area contributed by atoms with Crippen molar-refractivity contribution in [2.24, 2.45) is 13.0 Å². The van der Waals surface area contributed by atoms with Crippen molar-refractivity contribution in [3.8, 4) is 17.1 Å². The summed E-state index contributed by atoms with van der Waals surface area (Å²) in [5.41, 5.74) is 3.68. The van der Waals surface area contributed by atoms with E-state index in [1.54, 1.807) is 23.7 Å². The molecule has 0 radical (unpaired) electrons. The van der Waals surface area contributed by atoms with Crippen molar-refractivity contribution in [2.75, 3.05) is 7.05 Å². The molecule has 3 aromatic rings. The molecule has 196 valence electrons. The van der Waals surface area contributed by atoms with Gasteiger partial charge < -0.3 is 20.1 Å². The lowest BCUT2D eigenvalue weighted by molar-refractivity contribution is -0.143. The number of benzene rings is 1. The molecule has 2 aromatic heterocycles. The van der Waals surface area contributed by atoms with Crippen LogP contribution in [0.5, 0.6) is 5.75 Å². The summed E-state index contributed by atoms with van der Waals surface area (Å²) in [5.74, 6) is -0.491. The van der Waals surface area contributed by atoms with Crippen LogP contribution in [0, 0.1) is 12.8 Å². The van der Waals surface area contributed by atoms with Gasteiger partial charge in [-0.2, -0.15) is 0 Å². The number of nitrogens with one attached hydrogen (secondary N) is 1. The molecule has 1 aromatic carbocycles. The Balaban J connectivity index is 1.43. The van der Waals surface area contributed by atoms with Gasteiger partial charge in [0.15, 0.2) is 0 Å². The molecule has 0 aliphatic heterocycles. The Hall–Kier alpha value is -3.95. The number of aliphatic carboxylic acids is 1. The highest BCUT2D eigenvalue weighted by atomic mass is 16.5. The molecule has 1 fully saturated rings. The number of amides is 2. The number of urea groups is 1. The Bertz CT molecular complexity index is 1240. The second kappa shape index (κ2) is 11.4. The zero-order valence-corrected chi connectivity index (χ0v) is 21.7. The van der Waals surface area contributed by atoms with E-state index < -0.39 is 5.97 Å². The van der Waals surface area contributed by atoms with Crippen molar-refractivity contribution in [1.82, 2.24) is 30.2 Å². The van der Waals surface area contributed by atoms with Crippen LogP contribution in [-0.4, -0.2) is 55.1 Å². The van der Waals surface area contributed by atoms with E-state index in [0.717, 1.165) is 24.1 Å². The number of pyridine rings is 1. The Morgan fingerprint density at radius 3 is 2.68 bits per heavy atom. The van der Waals surface area contributed by atoms with Gasteiger partial charge in [-0.15, -0.1) is 5.10 Å². The van der Waals surface area contributed by atoms with E-state index in [0.29, 0.717) is 35.7 Å². The van der Waals surface area contributed by atoms with Gasteiger partial charge in [0.05, 0.1) is 41.7 Å². The third-order valence-electron chi connectivity index (χ3n) is 7.08. The fourth-order valence-electron chi connectivity index (χ4n) is 4.65. The number of aryl methyl sites for hydroxylation is 2. The van der Waals surface area contributed by atoms with Crippen molar-refractivity contribution in [1.29, 1.82) is 0 Å². The molecule has 4 rings (SSSR count). The number of ether oxygens (including phenoxy) is 1. The fourth-order valence-corrected chi connectivity index (χ4v) is 4.65. The highest BCUT2D eigenvalue weighted by Crippen LogP contribution is 2.30. The molecule has 0 saturated heterocycles. The molecule has 2 amide bonds. The molecule has 0 spiro atoms. The first-order valence-corrected chi connectivity index (χ1v) is 12.6. The summed E-state index contributed by atoms with van der Waals surface area (Å²) >= 11 is 0. The Morgan fingerprint density at radius 2 is 1.97 bits per heavy atom. The first-order chi connectivity index (χ1) is 17.7. The maximum absolute atomic E-state index is 12.9. The second-order valence-corrected chi connectivity index (χ2v) is 9.59. The molecule has 0 bridgehead atoms. The van der Waals surface area contributed by atoms with Crippen molar-refractivity contribution < 1.29 is 19.4 Å². The Morgan fingerprint density at radius 1 is 1.22 bits per heavy atom. The Kier molecular flexibility index (Phi) is 8.05. The second-order valence-electron chi connectivity index (χ2n) is 9.59. The molecular formula is C27H34N6O4. The van der Waals surface area contributed by atoms with E-state index in [-0.39, 0.29) is 30.6 Å². The Labute approximate surface area is 216 Å². The minimum Gasteiger partial charge on any atom is -0.489 e. The molecular weight excluding hydrogens is 472 g/mol. The number of aromatic nitrogens is 4. The number of carboxylic acid groups (broad SMARTS) is 1. The summed E-state index contributed by atoms with van der Waals surface area (Å²) < 4.78 is 7.76. The van der Waals surface area contributed by atoms with Gasteiger partial charge in [0, 0.05) is 14.1 Å². The van der Waals surface area contributed by atoms with Crippen LogP contribution in [-0.2, 0) is 18.4 Å². The van der Waals surface area contributed by atoms with Gasteiger partial charge >= 0.3 is 12.0 Å². The molecule has 1 aliphatic carbocycles. The molecule has 1 saturated carbocycles. The molecule has 10 nitrogen and oxygen atoms in total. The summed E-state index contributed by atoms with van der Waals surface area (Å²) in [6.07, 6.45) is 2.72. The van der Waals surface area contributed by atoms with Gasteiger partial charge in [-0.3, -0.25) is 4.79 Å². The normalized spacial score (nSPS) is 18.2. The molecule has 1 unspecified atom stereocenters. The largest absolute Gasteiger partial charge is 0.489 e. The lowest BCUT2D eigenvalue weighted by atomic mass is 9.87. The standard InChI is InChI=1S/C27H34N6O4/c1-17-24(37-21-12-8-11-20(15-21)26(34)35)14-13-22(29-17)25-23(33(4)31-30-25)16-28-27(36)32(3)18(2)19-9-6-5-7-10-19/h5-7,9-10,13-14,18,20-21H,8,11-12,15-16H2,1-4H3,(H,28,36)(H,34,35)/t18?,20-,21-/m0/s1. The monoisotopic (exact) mass is 506 g/mol. The van der Waals surface area contributed by atoms with E-state index in [4.69, 9.17) is 4.74 Å². The van der Waals surface area contributed by atoms with Gasteiger partial charge in [0.2, 0.25) is 0 Å². The highest BCUT2D eigenvalue weighted by molar-refractivity contribution is 5.74. The molecule has 2 heterocycles. The number of rotatable bonds is 8. The zero-order chi connectivity index (χ0) is 26.5. The third kappa shape index (κ3) is 6.07. The summed E-state index contributed by atoms with van der Waals surface area (Å²) in [4.78, 5) is 30.6.